The quantitative estimate of drug-likeness (QED) is 0.746. The molecule has 76 valence electrons. The number of hydrogen-bond donors (Lipinski definition) is 0. The van der Waals surface area contributed by atoms with Crippen molar-refractivity contribution in [2.75, 3.05) is 0 Å². The van der Waals surface area contributed by atoms with Crippen molar-refractivity contribution in [3.8, 4) is 5.75 Å². The van der Waals surface area contributed by atoms with Gasteiger partial charge in [-0.2, -0.15) is 0 Å². The summed E-state index contributed by atoms with van der Waals surface area (Å²) in [5, 5.41) is -0.173. The van der Waals surface area contributed by atoms with E-state index in [0.717, 1.165) is 0 Å². The van der Waals surface area contributed by atoms with Gasteiger partial charge >= 0.3 is 0 Å². The fraction of sp³-hybridized carbons (Fsp3) is 0.300. The maximum atomic E-state index is 11.0. The van der Waals surface area contributed by atoms with Gasteiger partial charge in [-0.1, -0.05) is 17.7 Å². The molecule has 1 aromatic rings. The average molecular weight is 233 g/mol. The highest BCUT2D eigenvalue weighted by molar-refractivity contribution is 6.68. The molecule has 1 rings (SSSR count). The minimum Gasteiger partial charge on any atom is -0.489 e. The number of carbonyl (C=O) groups excluding carboxylic acids is 1. The van der Waals surface area contributed by atoms with Crippen LogP contribution in [-0.4, -0.2) is 11.3 Å². The van der Waals surface area contributed by atoms with E-state index in [1.165, 1.54) is 0 Å². The molecular weight excluding hydrogens is 223 g/mol. The summed E-state index contributed by atoms with van der Waals surface area (Å²) in [6.45, 7) is 3.71. The molecule has 0 heterocycles. The molecule has 0 N–H and O–H groups in total. The van der Waals surface area contributed by atoms with Crippen LogP contribution in [0.3, 0.4) is 0 Å². The van der Waals surface area contributed by atoms with Crippen LogP contribution in [0.4, 0.5) is 0 Å². The third-order valence-electron chi connectivity index (χ3n) is 1.53. The highest BCUT2D eigenvalue weighted by Gasteiger charge is 2.14. The lowest BCUT2D eigenvalue weighted by Gasteiger charge is -2.13. The van der Waals surface area contributed by atoms with Gasteiger partial charge in [0.25, 0.3) is 5.24 Å². The van der Waals surface area contributed by atoms with Gasteiger partial charge in [0.1, 0.15) is 5.75 Å². The van der Waals surface area contributed by atoms with Crippen molar-refractivity contribution < 1.29 is 9.53 Å². The molecule has 0 aliphatic carbocycles. The first-order valence-electron chi connectivity index (χ1n) is 4.17. The molecule has 0 aromatic heterocycles. The number of rotatable bonds is 3. The van der Waals surface area contributed by atoms with Gasteiger partial charge in [-0.05, 0) is 37.6 Å². The van der Waals surface area contributed by atoms with E-state index in [1.54, 1.807) is 18.2 Å². The molecule has 2 nitrogen and oxygen atoms in total. The van der Waals surface area contributed by atoms with Crippen LogP contribution in [0, 0.1) is 0 Å². The molecule has 0 bridgehead atoms. The van der Waals surface area contributed by atoms with Crippen molar-refractivity contribution in [2.24, 2.45) is 0 Å². The highest BCUT2D eigenvalue weighted by Crippen LogP contribution is 2.30. The van der Waals surface area contributed by atoms with Gasteiger partial charge in [-0.3, -0.25) is 4.79 Å². The number of ether oxygens (including phenoxy) is 1. The minimum absolute atomic E-state index is 0.0512. The summed E-state index contributed by atoms with van der Waals surface area (Å²) < 4.78 is 5.40. The van der Waals surface area contributed by atoms with Crippen LogP contribution in [0.5, 0.6) is 5.75 Å². The summed E-state index contributed by atoms with van der Waals surface area (Å²) in [5.41, 5.74) is 0.299. The summed E-state index contributed by atoms with van der Waals surface area (Å²) in [6, 6.07) is 4.90. The van der Waals surface area contributed by atoms with Gasteiger partial charge in [0.15, 0.2) is 0 Å². The molecule has 0 amide bonds. The predicted molar refractivity (Wildman–Crippen MR) is 57.4 cm³/mol. The largest absolute Gasteiger partial charge is 0.489 e. The molecule has 0 aliphatic rings. The Morgan fingerprint density at radius 1 is 1.43 bits per heavy atom. The number of carbonyl (C=O) groups is 1. The second kappa shape index (κ2) is 4.67. The van der Waals surface area contributed by atoms with E-state index >= 15 is 0 Å². The normalized spacial score (nSPS) is 10.4. The lowest BCUT2D eigenvalue weighted by molar-refractivity contribution is 0.107. The zero-order valence-electron chi connectivity index (χ0n) is 7.88. The van der Waals surface area contributed by atoms with Gasteiger partial charge in [0.05, 0.1) is 16.7 Å². The van der Waals surface area contributed by atoms with Gasteiger partial charge in [-0.15, -0.1) is 0 Å². The van der Waals surface area contributed by atoms with Crippen molar-refractivity contribution in [1.82, 2.24) is 0 Å². The molecule has 0 radical (unpaired) electrons. The summed E-state index contributed by atoms with van der Waals surface area (Å²) in [6.07, 6.45) is -0.0512. The third-order valence-corrected chi connectivity index (χ3v) is 2.03. The molecule has 0 aliphatic heterocycles. The number of para-hydroxylation sites is 1. The first kappa shape index (κ1) is 11.3. The van der Waals surface area contributed by atoms with Crippen LogP contribution in [0.2, 0.25) is 5.02 Å². The molecule has 0 spiro atoms. The number of halogens is 2. The summed E-state index contributed by atoms with van der Waals surface area (Å²) in [4.78, 5) is 11.0. The van der Waals surface area contributed by atoms with Crippen LogP contribution >= 0.6 is 23.2 Å². The fourth-order valence-corrected chi connectivity index (χ4v) is 1.39. The zero-order valence-corrected chi connectivity index (χ0v) is 9.39. The van der Waals surface area contributed by atoms with Crippen LogP contribution in [-0.2, 0) is 0 Å². The van der Waals surface area contributed by atoms with Crippen LogP contribution < -0.4 is 4.74 Å². The molecule has 14 heavy (non-hydrogen) atoms. The van der Waals surface area contributed by atoms with Crippen molar-refractivity contribution in [3.05, 3.63) is 28.8 Å². The standard InChI is InChI=1S/C10H10Cl2O2/c1-6(2)14-9-7(10(12)13)4-3-5-8(9)11/h3-6H,1-2H3. The van der Waals surface area contributed by atoms with Gasteiger partial charge in [0, 0.05) is 0 Å². The molecule has 0 saturated heterocycles. The number of hydrogen-bond acceptors (Lipinski definition) is 2. The van der Waals surface area contributed by atoms with Crippen molar-refractivity contribution >= 4 is 28.4 Å². The molecule has 0 unspecified atom stereocenters. The smallest absolute Gasteiger partial charge is 0.256 e. The van der Waals surface area contributed by atoms with Crippen molar-refractivity contribution in [1.29, 1.82) is 0 Å². The maximum Gasteiger partial charge on any atom is 0.256 e. The maximum absolute atomic E-state index is 11.0. The Hall–Kier alpha value is -0.730. The van der Waals surface area contributed by atoms with Crippen LogP contribution in [0.1, 0.15) is 24.2 Å². The molecule has 0 atom stereocenters. The Morgan fingerprint density at radius 2 is 2.07 bits per heavy atom. The Labute approximate surface area is 92.8 Å². The lowest BCUT2D eigenvalue weighted by atomic mass is 10.2. The van der Waals surface area contributed by atoms with E-state index in [-0.39, 0.29) is 6.10 Å². The first-order chi connectivity index (χ1) is 6.52. The second-order valence-corrected chi connectivity index (χ2v) is 3.81. The average Bonchev–Trinajstić information content (AvgIpc) is 2.07. The molecule has 0 fully saturated rings. The predicted octanol–water partition coefficient (Wildman–Crippen LogP) is 3.51. The van der Waals surface area contributed by atoms with Crippen molar-refractivity contribution in [2.45, 2.75) is 20.0 Å². The van der Waals surface area contributed by atoms with Crippen LogP contribution in [0.25, 0.3) is 0 Å². The Kier molecular flexibility index (Phi) is 3.78. The van der Waals surface area contributed by atoms with E-state index in [9.17, 15) is 4.79 Å². The SMILES string of the molecule is CC(C)Oc1c(Cl)cccc1C(=O)Cl. The highest BCUT2D eigenvalue weighted by atomic mass is 35.5. The van der Waals surface area contributed by atoms with E-state index < -0.39 is 5.24 Å². The zero-order chi connectivity index (χ0) is 10.7. The van der Waals surface area contributed by atoms with E-state index in [0.29, 0.717) is 16.3 Å². The van der Waals surface area contributed by atoms with E-state index in [2.05, 4.69) is 0 Å². The summed E-state index contributed by atoms with van der Waals surface area (Å²) >= 11 is 11.3. The van der Waals surface area contributed by atoms with Gasteiger partial charge in [0.2, 0.25) is 0 Å². The topological polar surface area (TPSA) is 26.3 Å². The molecular formula is C10H10Cl2O2. The Bertz CT molecular complexity index is 348. The van der Waals surface area contributed by atoms with Crippen molar-refractivity contribution in [3.63, 3.8) is 0 Å². The Morgan fingerprint density at radius 3 is 2.57 bits per heavy atom. The molecule has 4 heteroatoms. The van der Waals surface area contributed by atoms with Gasteiger partial charge < -0.3 is 4.74 Å². The number of benzene rings is 1. The monoisotopic (exact) mass is 232 g/mol. The summed E-state index contributed by atoms with van der Waals surface area (Å²) in [7, 11) is 0. The fourth-order valence-electron chi connectivity index (χ4n) is 1.02. The first-order valence-corrected chi connectivity index (χ1v) is 4.93. The Balaban J connectivity index is 3.15. The summed E-state index contributed by atoms with van der Waals surface area (Å²) in [5.74, 6) is 0.351. The third kappa shape index (κ3) is 2.63. The molecule has 0 saturated carbocycles. The second-order valence-electron chi connectivity index (χ2n) is 3.06. The molecule has 1 aromatic carbocycles. The van der Waals surface area contributed by atoms with E-state index in [1.807, 2.05) is 13.8 Å². The van der Waals surface area contributed by atoms with Crippen LogP contribution in [0.15, 0.2) is 18.2 Å². The minimum atomic E-state index is -0.567. The lowest BCUT2D eigenvalue weighted by Crippen LogP contribution is -2.08. The van der Waals surface area contributed by atoms with Gasteiger partial charge in [-0.25, -0.2) is 0 Å². The van der Waals surface area contributed by atoms with E-state index in [4.69, 9.17) is 27.9 Å².